The second-order valence-corrected chi connectivity index (χ2v) is 24.3. The van der Waals surface area contributed by atoms with E-state index in [0.717, 1.165) is 0 Å². The molecule has 2 nitrogen and oxygen atoms in total. The molecule has 2 aromatic heterocycles. The number of hydrogen-bond acceptors (Lipinski definition) is 2. The predicted molar refractivity (Wildman–Crippen MR) is 286 cm³/mol. The average molecular weight is 1050 g/mol. The molecule has 2 aliphatic rings. The van der Waals surface area contributed by atoms with Crippen molar-refractivity contribution in [1.82, 2.24) is 9.05 Å². The van der Waals surface area contributed by atoms with E-state index in [1.54, 1.807) is 17.9 Å². The van der Waals surface area contributed by atoms with Crippen LogP contribution in [0.3, 0.4) is 0 Å². The lowest BCUT2D eigenvalue weighted by molar-refractivity contribution is 0.589. The maximum Gasteiger partial charge on any atom is 0.333 e. The van der Waals surface area contributed by atoms with Crippen molar-refractivity contribution in [2.75, 3.05) is 0 Å². The van der Waals surface area contributed by atoms with Crippen molar-refractivity contribution in [3.8, 4) is 39.1 Å². The summed E-state index contributed by atoms with van der Waals surface area (Å²) < 4.78 is 5.39. The highest BCUT2D eigenvalue weighted by Crippen LogP contribution is 2.48. The van der Waals surface area contributed by atoms with E-state index in [0.29, 0.717) is 0 Å². The Kier molecular flexibility index (Phi) is 9.17. The minimum absolute atomic E-state index is 0.0197. The largest absolute Gasteiger partial charge is 0.375 e. The lowest BCUT2D eigenvalue weighted by Crippen LogP contribution is -2.55. The molecule has 61 heavy (non-hydrogen) atoms. The first-order valence-electron chi connectivity index (χ1n) is 21.3. The Balaban J connectivity index is 1.33. The van der Waals surface area contributed by atoms with Gasteiger partial charge in [-0.3, -0.25) is 0 Å². The zero-order valence-corrected chi connectivity index (χ0v) is 42.0. The van der Waals surface area contributed by atoms with Gasteiger partial charge in [-0.1, -0.05) is 129 Å². The minimum Gasteiger partial charge on any atom is -0.375 e. The second-order valence-electron chi connectivity index (χ2n) is 20.4. The number of halogens is 2. The molecule has 2 aliphatic heterocycles. The van der Waals surface area contributed by atoms with Gasteiger partial charge in [-0.05, 0) is 144 Å². The molecule has 302 valence electrons. The SMILES string of the molecule is CC(C)(C)c1cc2c3c(c1)-n1c4ccc(-c5ccc(SI)cc5)cc4c4cc(-c5ccc(SI)cc5)cc(c41)B3n1c3ccc(C(C)(C)C)cc3c3cc(C(C)(C)C)cc-2c31. The molecule has 0 saturated heterocycles. The highest BCUT2D eigenvalue weighted by molar-refractivity contribution is 14.2. The molecule has 11 rings (SSSR count). The van der Waals surface area contributed by atoms with E-state index < -0.39 is 0 Å². The quantitative estimate of drug-likeness (QED) is 0.128. The fraction of sp³-hybridized carbons (Fsp3) is 0.222. The first-order valence-corrected chi connectivity index (χ1v) is 28.0. The zero-order valence-electron chi connectivity index (χ0n) is 36.1. The summed E-state index contributed by atoms with van der Waals surface area (Å²) in [5.74, 6) is 0. The van der Waals surface area contributed by atoms with Crippen LogP contribution in [0.2, 0.25) is 0 Å². The molecule has 0 spiro atoms. The summed E-state index contributed by atoms with van der Waals surface area (Å²) in [4.78, 5) is 2.53. The summed E-state index contributed by atoms with van der Waals surface area (Å²) >= 11 is 4.76. The number of aromatic nitrogens is 2. The molecule has 7 heteroatoms. The lowest BCUT2D eigenvalue weighted by Gasteiger charge is -2.36. The van der Waals surface area contributed by atoms with E-state index in [1.165, 1.54) is 120 Å². The topological polar surface area (TPSA) is 9.86 Å². The molecule has 0 unspecified atom stereocenters. The van der Waals surface area contributed by atoms with Crippen LogP contribution in [0.4, 0.5) is 0 Å². The van der Waals surface area contributed by atoms with Crippen molar-refractivity contribution in [2.24, 2.45) is 0 Å². The first kappa shape index (κ1) is 40.2. The number of fused-ring (bicyclic) bond motifs is 10. The van der Waals surface area contributed by atoms with E-state index in [1.807, 2.05) is 0 Å². The van der Waals surface area contributed by atoms with Crippen molar-refractivity contribution in [3.05, 3.63) is 138 Å². The van der Waals surface area contributed by atoms with Gasteiger partial charge < -0.3 is 9.05 Å². The first-order chi connectivity index (χ1) is 29.0. The van der Waals surface area contributed by atoms with E-state index in [4.69, 9.17) is 0 Å². The highest BCUT2D eigenvalue weighted by Gasteiger charge is 2.43. The lowest BCUT2D eigenvalue weighted by atomic mass is 9.45. The number of rotatable bonds is 4. The van der Waals surface area contributed by atoms with Crippen molar-refractivity contribution < 1.29 is 0 Å². The van der Waals surface area contributed by atoms with Crippen LogP contribution in [0, 0.1) is 0 Å². The zero-order chi connectivity index (χ0) is 42.5. The van der Waals surface area contributed by atoms with Gasteiger partial charge >= 0.3 is 6.85 Å². The van der Waals surface area contributed by atoms with E-state index in [-0.39, 0.29) is 23.1 Å². The Bertz CT molecular complexity index is 3320. The number of hydrogen-bond donors (Lipinski definition) is 0. The maximum absolute atomic E-state index is 2.75. The van der Waals surface area contributed by atoms with Gasteiger partial charge in [0.1, 0.15) is 0 Å². The Morgan fingerprint density at radius 3 is 1.57 bits per heavy atom. The monoisotopic (exact) mass is 1050 g/mol. The smallest absolute Gasteiger partial charge is 0.333 e. The van der Waals surface area contributed by atoms with Crippen LogP contribution in [0.5, 0.6) is 0 Å². The molecule has 7 aromatic carbocycles. The van der Waals surface area contributed by atoms with Gasteiger partial charge in [0.2, 0.25) is 0 Å². The van der Waals surface area contributed by atoms with Crippen molar-refractivity contribution >= 4 is 122 Å². The summed E-state index contributed by atoms with van der Waals surface area (Å²) in [6.45, 7) is 21.2. The van der Waals surface area contributed by atoms with Gasteiger partial charge in [0, 0.05) is 96.0 Å². The van der Waals surface area contributed by atoms with Gasteiger partial charge in [-0.25, -0.2) is 0 Å². The number of nitrogens with zero attached hydrogens (tertiary/aromatic N) is 2. The highest BCUT2D eigenvalue weighted by atomic mass is 127. The summed E-state index contributed by atoms with van der Waals surface area (Å²) in [6, 6.07) is 47.9. The summed E-state index contributed by atoms with van der Waals surface area (Å²) in [5.41, 5.74) is 21.1. The van der Waals surface area contributed by atoms with Crippen LogP contribution in [0.15, 0.2) is 131 Å². The minimum atomic E-state index is -0.0578. The standard InChI is InChI=1S/C54H47BI2N2S2/c1-52(2,3)34-15-21-47-40(25-34)43-27-35(53(4,5)6)28-44-41-26-36(54(7,8)9)29-48-49(41)55(59(47)50(43)44)45-24-33(31-12-18-38(61-57)19-13-31)23-42-39-22-32(14-20-46(39)58(48)51(42)45)30-10-16-37(60-56)17-11-30/h10-29H,1-9H3. The molecule has 0 bridgehead atoms. The van der Waals surface area contributed by atoms with Gasteiger partial charge in [-0.2, -0.15) is 0 Å². The fourth-order valence-electron chi connectivity index (χ4n) is 10.1. The summed E-state index contributed by atoms with van der Waals surface area (Å²) in [6.07, 6.45) is 0. The molecule has 0 atom stereocenters. The Morgan fingerprint density at radius 2 is 0.951 bits per heavy atom. The molecule has 0 aliphatic carbocycles. The molecule has 0 N–H and O–H groups in total. The van der Waals surface area contributed by atoms with Gasteiger partial charge in [0.25, 0.3) is 0 Å². The van der Waals surface area contributed by atoms with E-state index >= 15 is 0 Å². The second kappa shape index (κ2) is 13.9. The Labute approximate surface area is 392 Å². The summed E-state index contributed by atoms with van der Waals surface area (Å²) in [7, 11) is 3.53. The predicted octanol–water partition coefficient (Wildman–Crippen LogP) is 16.0. The maximum atomic E-state index is 2.75. The molecular weight excluding hydrogens is 1010 g/mol. The third-order valence-corrected chi connectivity index (χ3v) is 17.4. The van der Waals surface area contributed by atoms with E-state index in [2.05, 4.69) is 235 Å². The van der Waals surface area contributed by atoms with Crippen LogP contribution in [-0.4, -0.2) is 15.9 Å². The van der Waals surface area contributed by atoms with Crippen molar-refractivity contribution in [1.29, 1.82) is 0 Å². The Morgan fingerprint density at radius 1 is 0.443 bits per heavy atom. The normalized spacial score (nSPS) is 13.6. The van der Waals surface area contributed by atoms with Gasteiger partial charge in [-0.15, -0.1) is 0 Å². The molecule has 0 radical (unpaired) electrons. The van der Waals surface area contributed by atoms with Crippen LogP contribution >= 0.6 is 60.3 Å². The average Bonchev–Trinajstić information content (AvgIpc) is 3.75. The molecule has 0 fully saturated rings. The molecule has 4 heterocycles. The summed E-state index contributed by atoms with van der Waals surface area (Å²) in [5, 5.41) is 5.31. The van der Waals surface area contributed by atoms with Crippen LogP contribution in [-0.2, 0) is 16.2 Å². The van der Waals surface area contributed by atoms with Crippen LogP contribution in [0.25, 0.3) is 82.7 Å². The van der Waals surface area contributed by atoms with Crippen LogP contribution < -0.4 is 10.9 Å². The Hall–Kier alpha value is -3.64. The van der Waals surface area contributed by atoms with Crippen molar-refractivity contribution in [3.63, 3.8) is 0 Å². The van der Waals surface area contributed by atoms with Crippen molar-refractivity contribution in [2.45, 2.75) is 88.3 Å². The van der Waals surface area contributed by atoms with Gasteiger partial charge in [0.05, 0.1) is 11.0 Å². The molecular formula is C54H47BI2N2S2. The third-order valence-electron chi connectivity index (χ3n) is 13.5. The van der Waals surface area contributed by atoms with E-state index in [9.17, 15) is 0 Å². The molecule has 0 saturated carbocycles. The third kappa shape index (κ3) is 6.17. The molecule has 0 amide bonds. The number of benzene rings is 7. The van der Waals surface area contributed by atoms with Gasteiger partial charge in [0.15, 0.2) is 0 Å². The van der Waals surface area contributed by atoms with Crippen LogP contribution in [0.1, 0.15) is 79.0 Å². The fourth-order valence-corrected chi connectivity index (χ4v) is 12.4. The molecule has 9 aromatic rings.